The third-order valence-electron chi connectivity index (χ3n) is 2.96. The summed E-state index contributed by atoms with van der Waals surface area (Å²) in [6.07, 6.45) is 2.51. The highest BCUT2D eigenvalue weighted by molar-refractivity contribution is 4.77. The number of nitrogens with zero attached hydrogens (tertiary/aromatic N) is 1. The van der Waals surface area contributed by atoms with E-state index in [2.05, 4.69) is 24.1 Å². The van der Waals surface area contributed by atoms with Crippen LogP contribution in [0.25, 0.3) is 0 Å². The van der Waals surface area contributed by atoms with Crippen molar-refractivity contribution < 1.29 is 5.11 Å². The smallest absolute Gasteiger partial charge is 0.0468 e. The number of hydrogen-bond donors (Lipinski definition) is 2. The third-order valence-corrected chi connectivity index (χ3v) is 2.96. The van der Waals surface area contributed by atoms with Crippen LogP contribution in [-0.2, 0) is 0 Å². The van der Waals surface area contributed by atoms with Crippen molar-refractivity contribution in [1.29, 1.82) is 0 Å². The number of piperidine rings is 1. The Kier molecular flexibility index (Phi) is 5.45. The van der Waals surface area contributed by atoms with Crippen LogP contribution in [-0.4, -0.2) is 48.8 Å². The Hall–Kier alpha value is -0.120. The van der Waals surface area contributed by atoms with Crippen molar-refractivity contribution in [2.75, 3.05) is 32.8 Å². The molecule has 0 radical (unpaired) electrons. The van der Waals surface area contributed by atoms with E-state index in [0.29, 0.717) is 12.5 Å². The van der Waals surface area contributed by atoms with Crippen LogP contribution in [0.3, 0.4) is 0 Å². The van der Waals surface area contributed by atoms with Crippen molar-refractivity contribution in [3.8, 4) is 0 Å². The van der Waals surface area contributed by atoms with Crippen LogP contribution >= 0.6 is 0 Å². The van der Waals surface area contributed by atoms with E-state index in [9.17, 15) is 0 Å². The molecular formula is C11H24N2O. The number of aliphatic hydroxyl groups is 1. The average Bonchev–Trinajstić information content (AvgIpc) is 2.21. The van der Waals surface area contributed by atoms with E-state index in [1.807, 2.05) is 0 Å². The third kappa shape index (κ3) is 3.95. The predicted molar refractivity (Wildman–Crippen MR) is 59.4 cm³/mol. The zero-order valence-electron chi connectivity index (χ0n) is 9.50. The second kappa shape index (κ2) is 6.38. The van der Waals surface area contributed by atoms with Gasteiger partial charge in [-0.3, -0.25) is 0 Å². The van der Waals surface area contributed by atoms with Gasteiger partial charge in [-0.15, -0.1) is 0 Å². The van der Waals surface area contributed by atoms with Gasteiger partial charge in [-0.05, 0) is 38.4 Å². The Bertz CT molecular complexity index is 144. The molecule has 0 aromatic heterocycles. The molecular weight excluding hydrogens is 176 g/mol. The van der Waals surface area contributed by atoms with E-state index in [-0.39, 0.29) is 0 Å². The lowest BCUT2D eigenvalue weighted by atomic mass is 10.0. The molecule has 1 heterocycles. The molecule has 1 aliphatic heterocycles. The van der Waals surface area contributed by atoms with Crippen molar-refractivity contribution in [1.82, 2.24) is 10.2 Å². The zero-order chi connectivity index (χ0) is 10.4. The molecule has 0 aromatic rings. The first-order valence-corrected chi connectivity index (χ1v) is 5.82. The van der Waals surface area contributed by atoms with Crippen LogP contribution in [0.15, 0.2) is 0 Å². The molecule has 1 saturated heterocycles. The maximum absolute atomic E-state index is 8.96. The first-order chi connectivity index (χ1) is 6.76. The van der Waals surface area contributed by atoms with Gasteiger partial charge in [-0.2, -0.15) is 0 Å². The van der Waals surface area contributed by atoms with Gasteiger partial charge < -0.3 is 15.3 Å². The summed E-state index contributed by atoms with van der Waals surface area (Å²) in [5, 5.41) is 12.5. The molecule has 1 aliphatic rings. The van der Waals surface area contributed by atoms with Gasteiger partial charge in [0.25, 0.3) is 0 Å². The van der Waals surface area contributed by atoms with E-state index in [1.54, 1.807) is 0 Å². The van der Waals surface area contributed by atoms with Crippen LogP contribution in [0.1, 0.15) is 26.7 Å². The molecule has 3 nitrogen and oxygen atoms in total. The summed E-state index contributed by atoms with van der Waals surface area (Å²) in [6.45, 7) is 9.08. The molecule has 3 heteroatoms. The van der Waals surface area contributed by atoms with Crippen molar-refractivity contribution in [3.05, 3.63) is 0 Å². The average molecular weight is 200 g/mol. The maximum Gasteiger partial charge on any atom is 0.0468 e. The molecule has 14 heavy (non-hydrogen) atoms. The number of aliphatic hydroxyl groups excluding tert-OH is 1. The maximum atomic E-state index is 8.96. The fourth-order valence-corrected chi connectivity index (χ4v) is 2.11. The fraction of sp³-hybridized carbons (Fsp3) is 1.00. The SMILES string of the molecule is CCNC1CCN(CC(C)CO)CC1. The van der Waals surface area contributed by atoms with Crippen LogP contribution in [0.4, 0.5) is 0 Å². The molecule has 2 N–H and O–H groups in total. The van der Waals surface area contributed by atoms with Gasteiger partial charge in [0, 0.05) is 19.2 Å². The Morgan fingerprint density at radius 2 is 2.07 bits per heavy atom. The van der Waals surface area contributed by atoms with E-state index >= 15 is 0 Å². The van der Waals surface area contributed by atoms with Gasteiger partial charge in [-0.1, -0.05) is 13.8 Å². The number of nitrogens with one attached hydrogen (secondary N) is 1. The minimum absolute atomic E-state index is 0.313. The standard InChI is InChI=1S/C11H24N2O/c1-3-12-11-4-6-13(7-5-11)8-10(2)9-14/h10-12,14H,3-9H2,1-2H3. The molecule has 84 valence electrons. The molecule has 0 aliphatic carbocycles. The van der Waals surface area contributed by atoms with E-state index in [4.69, 9.17) is 5.11 Å². The molecule has 1 rings (SSSR count). The molecule has 1 unspecified atom stereocenters. The Morgan fingerprint density at radius 1 is 1.43 bits per heavy atom. The number of rotatable bonds is 5. The molecule has 1 atom stereocenters. The van der Waals surface area contributed by atoms with Crippen molar-refractivity contribution in [3.63, 3.8) is 0 Å². The van der Waals surface area contributed by atoms with Gasteiger partial charge in [0.05, 0.1) is 0 Å². The van der Waals surface area contributed by atoms with Gasteiger partial charge in [-0.25, -0.2) is 0 Å². The Balaban J connectivity index is 2.15. The first-order valence-electron chi connectivity index (χ1n) is 5.82. The highest BCUT2D eigenvalue weighted by Gasteiger charge is 2.18. The van der Waals surface area contributed by atoms with Gasteiger partial charge in [0.2, 0.25) is 0 Å². The molecule has 0 spiro atoms. The Labute approximate surface area is 87.5 Å². The lowest BCUT2D eigenvalue weighted by molar-refractivity contribution is 0.143. The van der Waals surface area contributed by atoms with Crippen LogP contribution in [0.5, 0.6) is 0 Å². The van der Waals surface area contributed by atoms with E-state index in [1.165, 1.54) is 25.9 Å². The zero-order valence-corrected chi connectivity index (χ0v) is 9.50. The van der Waals surface area contributed by atoms with Crippen molar-refractivity contribution in [2.45, 2.75) is 32.7 Å². The fourth-order valence-electron chi connectivity index (χ4n) is 2.11. The molecule has 0 saturated carbocycles. The van der Waals surface area contributed by atoms with Gasteiger partial charge in [0.15, 0.2) is 0 Å². The van der Waals surface area contributed by atoms with E-state index < -0.39 is 0 Å². The lowest BCUT2D eigenvalue weighted by Gasteiger charge is -2.33. The molecule has 0 bridgehead atoms. The minimum Gasteiger partial charge on any atom is -0.396 e. The molecule has 0 aromatic carbocycles. The van der Waals surface area contributed by atoms with Gasteiger partial charge >= 0.3 is 0 Å². The summed E-state index contributed by atoms with van der Waals surface area (Å²) in [4.78, 5) is 2.47. The molecule has 1 fully saturated rings. The normalized spacial score (nSPS) is 22.5. The second-order valence-corrected chi connectivity index (χ2v) is 4.42. The van der Waals surface area contributed by atoms with Gasteiger partial charge in [0.1, 0.15) is 0 Å². The van der Waals surface area contributed by atoms with Crippen molar-refractivity contribution in [2.24, 2.45) is 5.92 Å². The Morgan fingerprint density at radius 3 is 2.57 bits per heavy atom. The summed E-state index contributed by atoms with van der Waals surface area (Å²) in [7, 11) is 0. The summed E-state index contributed by atoms with van der Waals surface area (Å²) < 4.78 is 0. The summed E-state index contributed by atoms with van der Waals surface area (Å²) in [5.74, 6) is 0.422. The topological polar surface area (TPSA) is 35.5 Å². The summed E-state index contributed by atoms with van der Waals surface area (Å²) >= 11 is 0. The highest BCUT2D eigenvalue weighted by atomic mass is 16.3. The van der Waals surface area contributed by atoms with E-state index in [0.717, 1.165) is 19.1 Å². The summed E-state index contributed by atoms with van der Waals surface area (Å²) in [5.41, 5.74) is 0. The summed E-state index contributed by atoms with van der Waals surface area (Å²) in [6, 6.07) is 0.723. The number of likely N-dealkylation sites (tertiary alicyclic amines) is 1. The predicted octanol–water partition coefficient (Wildman–Crippen LogP) is 0.689. The van der Waals surface area contributed by atoms with Crippen molar-refractivity contribution >= 4 is 0 Å². The van der Waals surface area contributed by atoms with Crippen LogP contribution < -0.4 is 5.32 Å². The van der Waals surface area contributed by atoms with Crippen LogP contribution in [0.2, 0.25) is 0 Å². The minimum atomic E-state index is 0.313. The largest absolute Gasteiger partial charge is 0.396 e. The second-order valence-electron chi connectivity index (χ2n) is 4.42. The monoisotopic (exact) mass is 200 g/mol. The first kappa shape index (κ1) is 12.0. The highest BCUT2D eigenvalue weighted by Crippen LogP contribution is 2.11. The molecule has 0 amide bonds. The number of hydrogen-bond acceptors (Lipinski definition) is 3. The quantitative estimate of drug-likeness (QED) is 0.685. The van der Waals surface area contributed by atoms with Crippen LogP contribution in [0, 0.1) is 5.92 Å². The lowest BCUT2D eigenvalue weighted by Crippen LogP contribution is -2.44.